The molecule has 19 heavy (non-hydrogen) atoms. The molecule has 95 valence electrons. The summed E-state index contributed by atoms with van der Waals surface area (Å²) in [6, 6.07) is 9.28. The SMILES string of the molecule is O=C(Nc1ccccc1)C1=C[N+]2CN(Cl)C=CC2=N1. The molecule has 1 N–H and O–H groups in total. The first-order valence-corrected chi connectivity index (χ1v) is 6.10. The number of anilines is 1. The first kappa shape index (κ1) is 12.0. The molecule has 6 heteroatoms. The average molecular weight is 275 g/mol. The molecule has 1 amide bonds. The quantitative estimate of drug-likeness (QED) is 0.662. The topological polar surface area (TPSA) is 50.6 Å². The van der Waals surface area contributed by atoms with E-state index in [0.29, 0.717) is 12.4 Å². The van der Waals surface area contributed by atoms with Crippen molar-refractivity contribution in [2.24, 2.45) is 4.99 Å². The van der Waals surface area contributed by atoms with Gasteiger partial charge in [-0.1, -0.05) is 23.1 Å². The van der Waals surface area contributed by atoms with E-state index in [1.165, 1.54) is 4.42 Å². The maximum Gasteiger partial charge on any atom is 0.285 e. The van der Waals surface area contributed by atoms with Crippen molar-refractivity contribution in [3.63, 3.8) is 0 Å². The van der Waals surface area contributed by atoms with Gasteiger partial charge in [-0.05, 0) is 12.1 Å². The fourth-order valence-corrected chi connectivity index (χ4v) is 2.01. The summed E-state index contributed by atoms with van der Waals surface area (Å²) in [6.07, 6.45) is 5.16. The number of carbonyl (C=O) groups excluding carboxylic acids is 1. The highest BCUT2D eigenvalue weighted by Crippen LogP contribution is 2.17. The van der Waals surface area contributed by atoms with E-state index in [9.17, 15) is 4.79 Å². The third-order valence-electron chi connectivity index (χ3n) is 2.74. The number of nitrogens with zero attached hydrogens (tertiary/aromatic N) is 3. The van der Waals surface area contributed by atoms with E-state index in [4.69, 9.17) is 11.8 Å². The monoisotopic (exact) mass is 274 g/mol. The van der Waals surface area contributed by atoms with Crippen molar-refractivity contribution in [3.8, 4) is 0 Å². The van der Waals surface area contributed by atoms with Crippen LogP contribution in [0.4, 0.5) is 5.69 Å². The number of rotatable bonds is 2. The minimum absolute atomic E-state index is 0.234. The molecule has 0 saturated heterocycles. The third-order valence-corrected chi connectivity index (χ3v) is 2.96. The molecular weight excluding hydrogens is 264 g/mol. The summed E-state index contributed by atoms with van der Waals surface area (Å²) in [7, 11) is 0. The highest BCUT2D eigenvalue weighted by atomic mass is 35.5. The number of aliphatic imine (C=N–C) groups is 1. The van der Waals surface area contributed by atoms with Crippen molar-refractivity contribution in [2.45, 2.75) is 0 Å². The Hall–Kier alpha value is -2.11. The van der Waals surface area contributed by atoms with Crippen molar-refractivity contribution in [1.82, 2.24) is 9.32 Å². The van der Waals surface area contributed by atoms with Crippen molar-refractivity contribution in [2.75, 3.05) is 12.0 Å². The predicted molar refractivity (Wildman–Crippen MR) is 74.4 cm³/mol. The number of hydrogen-bond donors (Lipinski definition) is 1. The van der Waals surface area contributed by atoms with E-state index in [2.05, 4.69) is 10.3 Å². The van der Waals surface area contributed by atoms with Crippen molar-refractivity contribution in [1.29, 1.82) is 0 Å². The van der Waals surface area contributed by atoms with Gasteiger partial charge in [0, 0.05) is 29.7 Å². The van der Waals surface area contributed by atoms with E-state index in [0.717, 1.165) is 11.5 Å². The standard InChI is InChI=1S/C13H11ClN4O/c14-18-7-6-12-16-11(8-17(12)9-18)13(19)15-10-4-2-1-3-5-10/h1-8H,9H2,(H,15,19)/q+1. The summed E-state index contributed by atoms with van der Waals surface area (Å²) in [5, 5.41) is 2.79. The van der Waals surface area contributed by atoms with Gasteiger partial charge in [-0.2, -0.15) is 4.99 Å². The molecule has 2 aliphatic rings. The van der Waals surface area contributed by atoms with Crippen LogP contribution >= 0.6 is 11.8 Å². The summed E-state index contributed by atoms with van der Waals surface area (Å²) in [6.45, 7) is 0.471. The Balaban J connectivity index is 1.74. The molecule has 1 radical (unpaired) electrons. The van der Waals surface area contributed by atoms with Gasteiger partial charge in [-0.25, -0.2) is 4.42 Å². The Kier molecular flexibility index (Phi) is 3.06. The highest BCUT2D eigenvalue weighted by molar-refractivity contribution is 6.16. The van der Waals surface area contributed by atoms with Crippen molar-refractivity contribution < 1.29 is 4.79 Å². The highest BCUT2D eigenvalue weighted by Gasteiger charge is 2.34. The molecular formula is C13H11ClN4O+. The minimum Gasteiger partial charge on any atom is -0.320 e. The second-order valence-electron chi connectivity index (χ2n) is 4.13. The van der Waals surface area contributed by atoms with Gasteiger partial charge in [-0.15, -0.1) is 0 Å². The van der Waals surface area contributed by atoms with Crippen LogP contribution in [0.15, 0.2) is 59.5 Å². The smallest absolute Gasteiger partial charge is 0.285 e. The van der Waals surface area contributed by atoms with Crippen LogP contribution in [-0.2, 0) is 4.79 Å². The zero-order valence-corrected chi connectivity index (χ0v) is 10.7. The number of nitrogens with one attached hydrogen (secondary N) is 1. The van der Waals surface area contributed by atoms with E-state index < -0.39 is 0 Å². The number of para-hydroxylation sites is 1. The van der Waals surface area contributed by atoms with Gasteiger partial charge in [-0.3, -0.25) is 4.79 Å². The Bertz CT molecular complexity index is 594. The Morgan fingerprint density at radius 1 is 1.37 bits per heavy atom. The summed E-state index contributed by atoms with van der Waals surface area (Å²) in [5.41, 5.74) is 1.11. The number of halogens is 1. The molecule has 0 bridgehead atoms. The lowest BCUT2D eigenvalue weighted by Crippen LogP contribution is -2.37. The van der Waals surface area contributed by atoms with Gasteiger partial charge in [0.15, 0.2) is 11.9 Å². The van der Waals surface area contributed by atoms with Crippen LogP contribution in [0.5, 0.6) is 0 Å². The second kappa shape index (κ2) is 4.87. The Morgan fingerprint density at radius 2 is 2.16 bits per heavy atom. The molecule has 0 aliphatic carbocycles. The lowest BCUT2D eigenvalue weighted by Gasteiger charge is -2.13. The summed E-state index contributed by atoms with van der Waals surface area (Å²) in [5.74, 6) is 0.484. The largest absolute Gasteiger partial charge is 0.320 e. The predicted octanol–water partition coefficient (Wildman–Crippen LogP) is 1.96. The maximum absolute atomic E-state index is 12.1. The van der Waals surface area contributed by atoms with Crippen LogP contribution in [0.3, 0.4) is 0 Å². The lowest BCUT2D eigenvalue weighted by molar-refractivity contribution is -0.112. The normalized spacial score (nSPS) is 17.8. The van der Waals surface area contributed by atoms with Crippen LogP contribution in [0.1, 0.15) is 0 Å². The molecule has 3 rings (SSSR count). The first-order chi connectivity index (χ1) is 9.22. The van der Waals surface area contributed by atoms with Gasteiger partial charge in [0.2, 0.25) is 6.67 Å². The van der Waals surface area contributed by atoms with Crippen LogP contribution in [0, 0.1) is 0 Å². The molecule has 2 aliphatic heterocycles. The molecule has 0 atom stereocenters. The minimum atomic E-state index is -0.234. The van der Waals surface area contributed by atoms with Crippen molar-refractivity contribution in [3.05, 3.63) is 54.5 Å². The lowest BCUT2D eigenvalue weighted by atomic mass is 10.3. The first-order valence-electron chi connectivity index (χ1n) is 5.76. The number of carbonyl (C=O) groups is 1. The molecule has 2 heterocycles. The van der Waals surface area contributed by atoms with E-state index in [1.54, 1.807) is 18.5 Å². The van der Waals surface area contributed by atoms with Crippen molar-refractivity contribution >= 4 is 29.2 Å². The Morgan fingerprint density at radius 3 is 2.95 bits per heavy atom. The molecule has 0 spiro atoms. The maximum atomic E-state index is 12.1. The molecule has 0 aromatic heterocycles. The molecule has 0 fully saturated rings. The van der Waals surface area contributed by atoms with Gasteiger partial charge in [0.25, 0.3) is 11.7 Å². The molecule has 5 nitrogen and oxygen atoms in total. The summed E-state index contributed by atoms with van der Waals surface area (Å²) in [4.78, 5) is 18.1. The van der Waals surface area contributed by atoms with Crippen LogP contribution in [0.2, 0.25) is 0 Å². The van der Waals surface area contributed by atoms with E-state index >= 15 is 0 Å². The van der Waals surface area contributed by atoms with Crippen LogP contribution in [-0.4, -0.2) is 22.8 Å². The zero-order valence-electron chi connectivity index (χ0n) is 9.95. The molecule has 0 saturated carbocycles. The third kappa shape index (κ3) is 2.52. The van der Waals surface area contributed by atoms with Gasteiger partial charge < -0.3 is 5.32 Å². The van der Waals surface area contributed by atoms with Crippen LogP contribution in [0.25, 0.3) is 0 Å². The van der Waals surface area contributed by atoms with Gasteiger partial charge in [0.1, 0.15) is 0 Å². The fraction of sp³-hybridized carbons (Fsp3) is 0.0769. The number of amidine groups is 1. The molecule has 1 aromatic carbocycles. The summed E-state index contributed by atoms with van der Waals surface area (Å²) < 4.78 is 1.49. The van der Waals surface area contributed by atoms with E-state index in [-0.39, 0.29) is 5.91 Å². The number of fused-ring (bicyclic) bond motifs is 1. The second-order valence-corrected chi connectivity index (χ2v) is 4.57. The Labute approximate surface area is 115 Å². The number of benzene rings is 1. The summed E-state index contributed by atoms with van der Waals surface area (Å²) >= 11 is 5.86. The molecule has 1 aromatic rings. The molecule has 0 unspecified atom stereocenters. The van der Waals surface area contributed by atoms with Gasteiger partial charge in [0.05, 0.1) is 0 Å². The average Bonchev–Trinajstić information content (AvgIpc) is 2.83. The fourth-order valence-electron chi connectivity index (χ4n) is 1.84. The number of hydrogen-bond acceptors (Lipinski definition) is 4. The van der Waals surface area contributed by atoms with Crippen LogP contribution < -0.4 is 10.2 Å². The van der Waals surface area contributed by atoms with Gasteiger partial charge >= 0.3 is 0 Å². The zero-order chi connectivity index (χ0) is 13.2. The number of amides is 1. The van der Waals surface area contributed by atoms with E-state index in [1.807, 2.05) is 35.2 Å².